The highest BCUT2D eigenvalue weighted by atomic mass is 16.7. The van der Waals surface area contributed by atoms with Gasteiger partial charge in [0.15, 0.2) is 18.9 Å². The van der Waals surface area contributed by atoms with Gasteiger partial charge in [0.05, 0.1) is 72.2 Å². The molecule has 0 spiro atoms. The number of hydrogen-bond donors (Lipinski definition) is 20. The molecule has 20 N–H and O–H groups in total. The summed E-state index contributed by atoms with van der Waals surface area (Å²) in [5.41, 5.74) is -1.48. The fourth-order valence-electron chi connectivity index (χ4n) is 10.8. The van der Waals surface area contributed by atoms with Gasteiger partial charge < -0.3 is 147 Å². The number of rotatable bonds is 61. The molecule has 0 aliphatic carbocycles. The van der Waals surface area contributed by atoms with Gasteiger partial charge in [0.2, 0.25) is 65.0 Å². The van der Waals surface area contributed by atoms with E-state index in [1.807, 2.05) is 0 Å². The smallest absolute Gasteiger partial charge is 0.222 e. The third kappa shape index (κ3) is 42.6. The van der Waals surface area contributed by atoms with E-state index in [4.69, 9.17) is 42.6 Å². The predicted octanol–water partition coefficient (Wildman–Crippen LogP) is -7.13. The summed E-state index contributed by atoms with van der Waals surface area (Å²) in [5, 5.41) is 119. The quantitative estimate of drug-likeness (QED) is 0.0199. The number of unbranched alkanes of at least 4 members (excludes halogenated alkanes) is 3. The Morgan fingerprint density at radius 1 is 0.426 bits per heavy atom. The van der Waals surface area contributed by atoms with Crippen LogP contribution in [-0.2, 0) is 95.4 Å². The molecule has 624 valence electrons. The largest absolute Gasteiger partial charge is 0.394 e. The van der Waals surface area contributed by atoms with Gasteiger partial charge in [-0.3, -0.25) is 52.7 Å². The van der Waals surface area contributed by atoms with Gasteiger partial charge in [0.1, 0.15) is 66.4 Å². The number of hydrogen-bond acceptors (Lipinski definition) is 29. The Bertz CT molecular complexity index is 2520. The molecule has 2 fully saturated rings. The summed E-state index contributed by atoms with van der Waals surface area (Å²) in [6.45, 7) is 2.91. The van der Waals surface area contributed by atoms with Crippen molar-refractivity contribution < 1.29 is 141 Å². The van der Waals surface area contributed by atoms with E-state index in [2.05, 4.69) is 58.5 Å². The molecular formula is C68H123N11O29. The molecule has 0 bridgehead atoms. The number of carbonyl (C=O) groups excluding carboxylic acids is 11. The summed E-state index contributed by atoms with van der Waals surface area (Å²) in [6.07, 6.45) is -10.2. The second kappa shape index (κ2) is 57.5. The van der Waals surface area contributed by atoms with Crippen LogP contribution in [0.25, 0.3) is 0 Å². The van der Waals surface area contributed by atoms with Crippen LogP contribution in [0.15, 0.2) is 0 Å². The average molecular weight is 1560 g/mol. The van der Waals surface area contributed by atoms with Crippen LogP contribution >= 0.6 is 0 Å². The van der Waals surface area contributed by atoms with Crippen molar-refractivity contribution in [2.75, 3.05) is 132 Å². The lowest BCUT2D eigenvalue weighted by molar-refractivity contribution is -0.270. The molecule has 2 aliphatic rings. The zero-order valence-electron chi connectivity index (χ0n) is 62.9. The number of aliphatic hydroxyl groups is 9. The minimum atomic E-state index is -1.48. The third-order valence-electron chi connectivity index (χ3n) is 16.7. The van der Waals surface area contributed by atoms with Gasteiger partial charge in [-0.2, -0.15) is 0 Å². The molecule has 0 radical (unpaired) electrons. The fraction of sp³-hybridized carbons (Fsp3) is 0.838. The van der Waals surface area contributed by atoms with Crippen LogP contribution < -0.4 is 58.5 Å². The summed E-state index contributed by atoms with van der Waals surface area (Å²) in [4.78, 5) is 137. The van der Waals surface area contributed by atoms with E-state index in [1.165, 1.54) is 34.7 Å². The van der Waals surface area contributed by atoms with Crippen LogP contribution in [0.5, 0.6) is 0 Å². The maximum atomic E-state index is 13.6. The molecule has 2 heterocycles. The van der Waals surface area contributed by atoms with Crippen molar-refractivity contribution in [1.82, 2.24) is 58.5 Å². The van der Waals surface area contributed by atoms with Crippen LogP contribution in [0.1, 0.15) is 143 Å². The van der Waals surface area contributed by atoms with Gasteiger partial charge in [0, 0.05) is 138 Å². The van der Waals surface area contributed by atoms with Crippen LogP contribution in [0, 0.1) is 0 Å². The fourth-order valence-corrected chi connectivity index (χ4v) is 10.8. The van der Waals surface area contributed by atoms with Crippen molar-refractivity contribution in [2.45, 2.75) is 235 Å². The predicted molar refractivity (Wildman–Crippen MR) is 379 cm³/mol. The Balaban J connectivity index is 1.97. The Morgan fingerprint density at radius 3 is 1.12 bits per heavy atom. The molecule has 2 aliphatic heterocycles. The van der Waals surface area contributed by atoms with E-state index in [0.29, 0.717) is 57.8 Å². The van der Waals surface area contributed by atoms with E-state index in [1.54, 1.807) is 0 Å². The molecule has 5 unspecified atom stereocenters. The van der Waals surface area contributed by atoms with E-state index in [-0.39, 0.29) is 180 Å². The first-order chi connectivity index (χ1) is 51.6. The van der Waals surface area contributed by atoms with Gasteiger partial charge in [-0.25, -0.2) is 0 Å². The second-order valence-electron chi connectivity index (χ2n) is 26.2. The van der Waals surface area contributed by atoms with E-state index in [0.717, 1.165) is 0 Å². The van der Waals surface area contributed by atoms with Crippen LogP contribution in [0.2, 0.25) is 0 Å². The number of ether oxygens (including phenoxy) is 9. The van der Waals surface area contributed by atoms with Crippen molar-refractivity contribution in [3.63, 3.8) is 0 Å². The SMILES string of the molecule is CNC(=O)CCCC(=O)NC(COCCC(=O)NCCCNC(=O)CCCCO[C@H](OC(CO)[C@@H](C)O)[C@H](CO)NC(C)=O)(COCCC(=O)NCCCNC(=O)CCCCO[C@@H]1OC(CO)[C@H](O)C(O)[C@@H]1NC(C)=O)COCCC(=O)NCCCNC(=O)CCCCO[C@@H]1OC(CO)[C@H](O)C(O)[C@@H]1NC(C)=O. The molecule has 0 aromatic heterocycles. The van der Waals surface area contributed by atoms with Crippen LogP contribution in [0.3, 0.4) is 0 Å². The normalized spacial score (nSPS) is 21.5. The second-order valence-corrected chi connectivity index (χ2v) is 26.2. The van der Waals surface area contributed by atoms with Gasteiger partial charge in [-0.1, -0.05) is 0 Å². The minimum absolute atomic E-state index is 0.0369. The lowest BCUT2D eigenvalue weighted by Gasteiger charge is -2.42. The van der Waals surface area contributed by atoms with Gasteiger partial charge in [0.25, 0.3) is 0 Å². The standard InChI is InChI=1S/C68H123N11O29/c1-43(84)48(37-81)106-65(47(36-80)76-44(2)85)103-30-9-6-16-52(89)70-24-13-27-73-55(92)21-33-100-40-68(79-58(95)20-12-19-51(88)69-5,41-101-34-22-56(93)74-28-14-25-71-53(90)17-7-10-31-104-66-59(77-45(3)86)63(98)61(96)49(38-82)107-66)42-102-35-23-57(94)75-29-15-26-72-54(91)18-8-11-32-105-67-60(78-46(4)87)64(99)62(97)50(39-83)108-67/h43,47-50,59-67,80-84,96-99H,6-42H2,1-5H3,(H,69,88)(H,70,89)(H,71,90)(H,72,91)(H,73,92)(H,74,93)(H,75,94)(H,76,85)(H,77,86)(H,78,87)(H,79,95)/t43-,47+,48?,49?,50?,59+,60+,61+,62+,63?,64?,65-,66-,67-,68?/m1/s1. The first-order valence-corrected chi connectivity index (χ1v) is 36.9. The maximum absolute atomic E-state index is 13.6. The zero-order valence-corrected chi connectivity index (χ0v) is 62.9. The van der Waals surface area contributed by atoms with Crippen LogP contribution in [0.4, 0.5) is 0 Å². The molecule has 11 amide bonds. The molecule has 0 saturated carbocycles. The van der Waals surface area contributed by atoms with Crippen molar-refractivity contribution in [2.24, 2.45) is 0 Å². The van der Waals surface area contributed by atoms with E-state index < -0.39 is 159 Å². The molecule has 14 atom stereocenters. The lowest BCUT2D eigenvalue weighted by atomic mass is 9.97. The average Bonchev–Trinajstić information content (AvgIpc) is 0.821. The van der Waals surface area contributed by atoms with Gasteiger partial charge in [-0.15, -0.1) is 0 Å². The molecular weight excluding hydrogens is 1430 g/mol. The van der Waals surface area contributed by atoms with Crippen molar-refractivity contribution in [3.05, 3.63) is 0 Å². The van der Waals surface area contributed by atoms with Crippen LogP contribution in [-0.4, -0.2) is 335 Å². The monoisotopic (exact) mass is 1560 g/mol. The Hall–Kier alpha value is -6.55. The molecule has 0 aromatic carbocycles. The first kappa shape index (κ1) is 97.5. The summed E-state index contributed by atoms with van der Waals surface area (Å²) in [5.74, 6) is -4.25. The highest BCUT2D eigenvalue weighted by Crippen LogP contribution is 2.25. The molecule has 108 heavy (non-hydrogen) atoms. The number of carbonyl (C=O) groups is 11. The summed E-state index contributed by atoms with van der Waals surface area (Å²) >= 11 is 0. The summed E-state index contributed by atoms with van der Waals surface area (Å²) in [7, 11) is 1.46. The molecule has 2 saturated heterocycles. The lowest BCUT2D eigenvalue weighted by Crippen LogP contribution is -2.64. The highest BCUT2D eigenvalue weighted by Gasteiger charge is 2.47. The number of amides is 11. The summed E-state index contributed by atoms with van der Waals surface area (Å²) in [6, 6.07) is -3.19. The number of nitrogens with one attached hydrogen (secondary N) is 11. The maximum Gasteiger partial charge on any atom is 0.222 e. The van der Waals surface area contributed by atoms with Crippen molar-refractivity contribution in [3.8, 4) is 0 Å². The van der Waals surface area contributed by atoms with Crippen molar-refractivity contribution in [1.29, 1.82) is 0 Å². The Labute approximate surface area is 629 Å². The Kier molecular flexibility index (Phi) is 51.9. The minimum Gasteiger partial charge on any atom is -0.394 e. The third-order valence-corrected chi connectivity index (χ3v) is 16.7. The molecule has 2 rings (SSSR count). The molecule has 0 aromatic rings. The first-order valence-electron chi connectivity index (χ1n) is 36.9. The van der Waals surface area contributed by atoms with E-state index in [9.17, 15) is 98.7 Å². The topological polar surface area (TPSA) is 585 Å². The van der Waals surface area contributed by atoms with Gasteiger partial charge in [-0.05, 0) is 71.1 Å². The van der Waals surface area contributed by atoms with Crippen molar-refractivity contribution >= 4 is 65.0 Å². The van der Waals surface area contributed by atoms with Gasteiger partial charge >= 0.3 is 0 Å². The zero-order chi connectivity index (χ0) is 80.2. The summed E-state index contributed by atoms with van der Waals surface area (Å²) < 4.78 is 51.8. The Morgan fingerprint density at radius 2 is 0.787 bits per heavy atom. The molecule has 40 nitrogen and oxygen atoms in total. The van der Waals surface area contributed by atoms with E-state index >= 15 is 0 Å². The number of aliphatic hydroxyl groups excluding tert-OH is 9. The highest BCUT2D eigenvalue weighted by molar-refractivity contribution is 5.80. The molecule has 40 heteroatoms.